The molecule has 1 aromatic carbocycles. The lowest BCUT2D eigenvalue weighted by molar-refractivity contribution is -0.384. The lowest BCUT2D eigenvalue weighted by Gasteiger charge is -1.95. The fraction of sp³-hybridized carbons (Fsp3) is 0.250. The smallest absolute Gasteiger partial charge is 0.269 e. The van der Waals surface area contributed by atoms with Gasteiger partial charge in [0.05, 0.1) is 4.92 Å². The van der Waals surface area contributed by atoms with Gasteiger partial charge in [0, 0.05) is 25.2 Å². The minimum absolute atomic E-state index is 0. The largest absolute Gasteiger partial charge is 0.309 e. The Hall–Kier alpha value is -0.460. The van der Waals surface area contributed by atoms with E-state index < -0.39 is 0 Å². The summed E-state index contributed by atoms with van der Waals surface area (Å²) in [6, 6.07) is 4.99. The molecule has 0 aromatic heterocycles. The van der Waals surface area contributed by atoms with Gasteiger partial charge < -0.3 is 5.32 Å². The molecule has 0 radical (unpaired) electrons. The summed E-state index contributed by atoms with van der Waals surface area (Å²) < 4.78 is 0. The van der Waals surface area contributed by atoms with Crippen LogP contribution in [0.25, 0.3) is 0 Å². The minimum atomic E-state index is -0.362. The van der Waals surface area contributed by atoms with E-state index in [-0.39, 0.29) is 44.6 Å². The standard InChI is InChI=1S/C8H8N2O2.2BrH/c11-10(12)8-2-1-6-4-9-5-7(6)3-8;;/h1-3,9H,4-5H2;2*1H. The van der Waals surface area contributed by atoms with Crippen molar-refractivity contribution in [2.45, 2.75) is 13.1 Å². The maximum absolute atomic E-state index is 10.4. The predicted molar refractivity (Wildman–Crippen MR) is 64.3 cm³/mol. The Morgan fingerprint density at radius 1 is 1.21 bits per heavy atom. The average Bonchev–Trinajstić information content (AvgIpc) is 2.49. The van der Waals surface area contributed by atoms with Crippen LogP contribution in [0, 0.1) is 10.1 Å². The number of nitrogens with one attached hydrogen (secondary N) is 1. The summed E-state index contributed by atoms with van der Waals surface area (Å²) in [7, 11) is 0. The van der Waals surface area contributed by atoms with Crippen molar-refractivity contribution in [3.05, 3.63) is 39.4 Å². The van der Waals surface area contributed by atoms with Crippen molar-refractivity contribution in [2.75, 3.05) is 0 Å². The minimum Gasteiger partial charge on any atom is -0.309 e. The Morgan fingerprint density at radius 3 is 2.50 bits per heavy atom. The van der Waals surface area contributed by atoms with Crippen LogP contribution in [-0.2, 0) is 13.1 Å². The third kappa shape index (κ3) is 2.52. The number of non-ortho nitro benzene ring substituents is 1. The maximum atomic E-state index is 10.4. The van der Waals surface area contributed by atoms with Crippen molar-refractivity contribution >= 4 is 39.7 Å². The summed E-state index contributed by atoms with van der Waals surface area (Å²) in [5.41, 5.74) is 2.39. The van der Waals surface area contributed by atoms with E-state index in [2.05, 4.69) is 5.32 Å². The van der Waals surface area contributed by atoms with Gasteiger partial charge >= 0.3 is 0 Å². The number of rotatable bonds is 1. The van der Waals surface area contributed by atoms with E-state index in [1.165, 1.54) is 5.56 Å². The normalized spacial score (nSPS) is 12.3. The predicted octanol–water partition coefficient (Wildman–Crippen LogP) is 2.35. The number of fused-ring (bicyclic) bond motifs is 1. The molecule has 0 aliphatic carbocycles. The van der Waals surface area contributed by atoms with E-state index in [1.807, 2.05) is 6.07 Å². The van der Waals surface area contributed by atoms with E-state index >= 15 is 0 Å². The summed E-state index contributed by atoms with van der Waals surface area (Å²) >= 11 is 0. The number of nitro groups is 1. The molecule has 1 aliphatic rings. The number of hydrogen-bond donors (Lipinski definition) is 1. The molecule has 78 valence electrons. The van der Waals surface area contributed by atoms with E-state index in [0.717, 1.165) is 18.7 Å². The van der Waals surface area contributed by atoms with Crippen molar-refractivity contribution in [1.29, 1.82) is 0 Å². The SMILES string of the molecule is Br.Br.O=[N+]([O-])c1ccc2c(c1)CNC2. The molecule has 0 saturated carbocycles. The van der Waals surface area contributed by atoms with Crippen LogP contribution in [0.4, 0.5) is 5.69 Å². The zero-order valence-electron chi connectivity index (χ0n) is 7.23. The lowest BCUT2D eigenvalue weighted by atomic mass is 10.1. The third-order valence-electron chi connectivity index (χ3n) is 2.03. The van der Waals surface area contributed by atoms with Gasteiger partial charge in [0.1, 0.15) is 0 Å². The molecule has 0 atom stereocenters. The molecule has 14 heavy (non-hydrogen) atoms. The highest BCUT2D eigenvalue weighted by atomic mass is 79.9. The molecule has 2 rings (SSSR count). The molecule has 0 spiro atoms. The van der Waals surface area contributed by atoms with Crippen LogP contribution in [-0.4, -0.2) is 4.92 Å². The second-order valence-electron chi connectivity index (χ2n) is 2.81. The van der Waals surface area contributed by atoms with Gasteiger partial charge in [-0.2, -0.15) is 0 Å². The highest BCUT2D eigenvalue weighted by molar-refractivity contribution is 8.93. The molecule has 1 aliphatic heterocycles. The molecule has 0 bridgehead atoms. The Labute approximate surface area is 102 Å². The van der Waals surface area contributed by atoms with Crippen molar-refractivity contribution in [3.8, 4) is 0 Å². The summed E-state index contributed by atoms with van der Waals surface area (Å²) in [6.45, 7) is 1.57. The number of nitrogens with zero attached hydrogens (tertiary/aromatic N) is 1. The second-order valence-corrected chi connectivity index (χ2v) is 2.81. The summed E-state index contributed by atoms with van der Waals surface area (Å²) in [6.07, 6.45) is 0. The number of benzene rings is 1. The van der Waals surface area contributed by atoms with Gasteiger partial charge in [0.25, 0.3) is 5.69 Å². The van der Waals surface area contributed by atoms with E-state index in [9.17, 15) is 10.1 Å². The van der Waals surface area contributed by atoms with Gasteiger partial charge in [-0.25, -0.2) is 0 Å². The highest BCUT2D eigenvalue weighted by Crippen LogP contribution is 2.20. The van der Waals surface area contributed by atoms with E-state index in [0.29, 0.717) is 0 Å². The average molecular weight is 326 g/mol. The zero-order valence-corrected chi connectivity index (χ0v) is 10.7. The van der Waals surface area contributed by atoms with Crippen LogP contribution in [0.5, 0.6) is 0 Å². The lowest BCUT2D eigenvalue weighted by Crippen LogP contribution is -1.99. The molecule has 1 N–H and O–H groups in total. The quantitative estimate of drug-likeness (QED) is 0.637. The van der Waals surface area contributed by atoms with Crippen molar-refractivity contribution < 1.29 is 4.92 Å². The Morgan fingerprint density at radius 2 is 1.86 bits per heavy atom. The first-order valence-electron chi connectivity index (χ1n) is 3.74. The van der Waals surface area contributed by atoms with Gasteiger partial charge in [0.2, 0.25) is 0 Å². The number of hydrogen-bond acceptors (Lipinski definition) is 3. The Balaban J connectivity index is 0.000000845. The topological polar surface area (TPSA) is 55.2 Å². The third-order valence-corrected chi connectivity index (χ3v) is 2.03. The van der Waals surface area contributed by atoms with Crippen LogP contribution >= 0.6 is 34.0 Å². The van der Waals surface area contributed by atoms with Gasteiger partial charge in [-0.05, 0) is 11.1 Å². The fourth-order valence-corrected chi connectivity index (χ4v) is 1.39. The zero-order chi connectivity index (χ0) is 8.55. The molecule has 0 unspecified atom stereocenters. The molecule has 0 amide bonds. The van der Waals surface area contributed by atoms with Crippen LogP contribution < -0.4 is 5.32 Å². The first-order valence-corrected chi connectivity index (χ1v) is 3.74. The molecule has 1 heterocycles. The van der Waals surface area contributed by atoms with Crippen LogP contribution in [0.2, 0.25) is 0 Å². The van der Waals surface area contributed by atoms with E-state index in [1.54, 1.807) is 12.1 Å². The molecule has 4 nitrogen and oxygen atoms in total. The summed E-state index contributed by atoms with van der Waals surface area (Å²) in [5, 5.41) is 13.5. The first-order chi connectivity index (χ1) is 5.77. The van der Waals surface area contributed by atoms with Crippen molar-refractivity contribution in [2.24, 2.45) is 0 Å². The molecule has 0 fully saturated rings. The van der Waals surface area contributed by atoms with Gasteiger partial charge in [-0.3, -0.25) is 10.1 Å². The van der Waals surface area contributed by atoms with Gasteiger partial charge in [-0.15, -0.1) is 34.0 Å². The number of halogens is 2. The molecular weight excluding hydrogens is 316 g/mol. The Bertz CT molecular complexity index is 344. The van der Waals surface area contributed by atoms with Gasteiger partial charge in [0.15, 0.2) is 0 Å². The van der Waals surface area contributed by atoms with Crippen LogP contribution in [0.15, 0.2) is 18.2 Å². The molecule has 6 heteroatoms. The summed E-state index contributed by atoms with van der Waals surface area (Å²) in [4.78, 5) is 10.0. The monoisotopic (exact) mass is 324 g/mol. The number of nitro benzene ring substituents is 1. The Kier molecular flexibility index (Phi) is 5.25. The molecular formula is C8H10Br2N2O2. The van der Waals surface area contributed by atoms with E-state index in [4.69, 9.17) is 0 Å². The molecule has 0 saturated heterocycles. The van der Waals surface area contributed by atoms with Gasteiger partial charge in [-0.1, -0.05) is 6.07 Å². The highest BCUT2D eigenvalue weighted by Gasteiger charge is 2.13. The first kappa shape index (κ1) is 13.5. The van der Waals surface area contributed by atoms with Crippen molar-refractivity contribution in [1.82, 2.24) is 5.32 Å². The summed E-state index contributed by atoms with van der Waals surface area (Å²) in [5.74, 6) is 0. The van der Waals surface area contributed by atoms with Crippen molar-refractivity contribution in [3.63, 3.8) is 0 Å². The van der Waals surface area contributed by atoms with Crippen LogP contribution in [0.1, 0.15) is 11.1 Å². The fourth-order valence-electron chi connectivity index (χ4n) is 1.39. The van der Waals surface area contributed by atoms with Crippen LogP contribution in [0.3, 0.4) is 0 Å². The molecule has 1 aromatic rings. The maximum Gasteiger partial charge on any atom is 0.269 e. The second kappa shape index (κ2) is 5.43.